The number of hydrogen-bond acceptors (Lipinski definition) is 7. The van der Waals surface area contributed by atoms with Crippen LogP contribution in [-0.4, -0.2) is 39.6 Å². The number of aromatic nitrogens is 2. The number of halogens is 1. The summed E-state index contributed by atoms with van der Waals surface area (Å²) in [5, 5.41) is 25.0. The highest BCUT2D eigenvalue weighted by molar-refractivity contribution is 6.32. The number of benzene rings is 1. The van der Waals surface area contributed by atoms with Crippen molar-refractivity contribution < 1.29 is 10.3 Å². The molecule has 1 saturated carbocycles. The van der Waals surface area contributed by atoms with Crippen molar-refractivity contribution >= 4 is 29.6 Å². The van der Waals surface area contributed by atoms with Crippen molar-refractivity contribution in [1.82, 2.24) is 9.97 Å². The summed E-state index contributed by atoms with van der Waals surface area (Å²) in [6.45, 7) is 0.629. The lowest BCUT2D eigenvalue weighted by atomic mass is 9.61. The highest BCUT2D eigenvalue weighted by Gasteiger charge is 2.43. The summed E-state index contributed by atoms with van der Waals surface area (Å²) in [4.78, 5) is 7.99. The van der Waals surface area contributed by atoms with Crippen LogP contribution in [0.25, 0.3) is 0 Å². The Hall–Kier alpha value is -2.38. The molecule has 0 unspecified atom stereocenters. The predicted molar refractivity (Wildman–Crippen MR) is 106 cm³/mol. The van der Waals surface area contributed by atoms with Gasteiger partial charge in [-0.2, -0.15) is 4.98 Å². The second-order valence-electron chi connectivity index (χ2n) is 7.19. The fourth-order valence-corrected chi connectivity index (χ4v) is 3.98. The first-order valence-corrected chi connectivity index (χ1v) is 9.32. The molecule has 8 heteroatoms. The van der Waals surface area contributed by atoms with Crippen LogP contribution >= 0.6 is 11.6 Å². The minimum Gasteiger partial charge on any atom is -0.411 e. The molecule has 0 radical (unpaired) electrons. The number of hydrogen-bond donors (Lipinski definition) is 4. The summed E-state index contributed by atoms with van der Waals surface area (Å²) in [5.41, 5.74) is 7.17. The molecule has 0 spiro atoms. The van der Waals surface area contributed by atoms with E-state index in [1.807, 2.05) is 6.07 Å². The third-order valence-electron chi connectivity index (χ3n) is 5.20. The Balaban J connectivity index is 1.58. The summed E-state index contributed by atoms with van der Waals surface area (Å²) >= 11 is 6.04. The molecule has 0 bridgehead atoms. The molecule has 1 aliphatic rings. The third-order valence-corrected chi connectivity index (χ3v) is 5.49. The first kappa shape index (κ1) is 19.4. The summed E-state index contributed by atoms with van der Waals surface area (Å²) in [6, 6.07) is 10.4. The molecule has 0 saturated heterocycles. The topological polar surface area (TPSA) is 117 Å². The maximum absolute atomic E-state index is 9.91. The van der Waals surface area contributed by atoms with Crippen LogP contribution in [0, 0.1) is 11.3 Å². The van der Waals surface area contributed by atoms with Crippen LogP contribution in [0.5, 0.6) is 0 Å². The van der Waals surface area contributed by atoms with E-state index >= 15 is 0 Å². The van der Waals surface area contributed by atoms with E-state index in [1.54, 1.807) is 0 Å². The molecule has 1 fully saturated rings. The average molecular weight is 390 g/mol. The van der Waals surface area contributed by atoms with Gasteiger partial charge in [0.2, 0.25) is 5.95 Å². The molecule has 5 N–H and O–H groups in total. The van der Waals surface area contributed by atoms with E-state index in [1.165, 1.54) is 11.8 Å². The SMILES string of the molecule is Nc1nc(Cl)c(/C=N/O)c(NCC2(CO)CC(CCc3ccccc3)C2)n1. The van der Waals surface area contributed by atoms with Crippen molar-refractivity contribution in [3.8, 4) is 0 Å². The van der Waals surface area contributed by atoms with Crippen LogP contribution in [-0.2, 0) is 6.42 Å². The summed E-state index contributed by atoms with van der Waals surface area (Å²) in [6.07, 6.45) is 5.22. The number of nitrogens with one attached hydrogen (secondary N) is 1. The first-order chi connectivity index (χ1) is 13.0. The largest absolute Gasteiger partial charge is 0.411 e. The Morgan fingerprint density at radius 3 is 2.70 bits per heavy atom. The van der Waals surface area contributed by atoms with Crippen molar-refractivity contribution in [3.05, 3.63) is 46.6 Å². The molecule has 3 rings (SSSR count). The summed E-state index contributed by atoms with van der Waals surface area (Å²) in [7, 11) is 0. The number of nitrogen functional groups attached to an aromatic ring is 1. The zero-order chi connectivity index (χ0) is 19.3. The maximum Gasteiger partial charge on any atom is 0.223 e. The van der Waals surface area contributed by atoms with Crippen LogP contribution in [0.15, 0.2) is 35.5 Å². The van der Waals surface area contributed by atoms with E-state index in [4.69, 9.17) is 22.5 Å². The van der Waals surface area contributed by atoms with Crippen LogP contribution in [0.4, 0.5) is 11.8 Å². The number of aliphatic hydroxyl groups is 1. The Bertz CT molecular complexity index is 794. The van der Waals surface area contributed by atoms with Crippen molar-refractivity contribution in [3.63, 3.8) is 0 Å². The van der Waals surface area contributed by atoms with E-state index in [0.29, 0.717) is 23.8 Å². The van der Waals surface area contributed by atoms with Gasteiger partial charge in [0.05, 0.1) is 18.4 Å². The van der Waals surface area contributed by atoms with Gasteiger partial charge >= 0.3 is 0 Å². The molecule has 1 aliphatic carbocycles. The molecule has 2 aromatic rings. The number of nitrogens with two attached hydrogens (primary N) is 1. The Morgan fingerprint density at radius 1 is 1.30 bits per heavy atom. The quantitative estimate of drug-likeness (QED) is 0.239. The summed E-state index contributed by atoms with van der Waals surface area (Å²) < 4.78 is 0. The van der Waals surface area contributed by atoms with Gasteiger partial charge in [-0.1, -0.05) is 47.1 Å². The zero-order valence-corrected chi connectivity index (χ0v) is 15.7. The van der Waals surface area contributed by atoms with E-state index in [-0.39, 0.29) is 23.1 Å². The van der Waals surface area contributed by atoms with Crippen molar-refractivity contribution in [2.45, 2.75) is 25.7 Å². The molecule has 1 heterocycles. The van der Waals surface area contributed by atoms with Crippen molar-refractivity contribution in [1.29, 1.82) is 0 Å². The number of aryl methyl sites for hydroxylation is 1. The van der Waals surface area contributed by atoms with Gasteiger partial charge in [-0.3, -0.25) is 0 Å². The molecule has 1 aromatic carbocycles. The lowest BCUT2D eigenvalue weighted by Crippen LogP contribution is -2.45. The minimum absolute atomic E-state index is 0.0324. The molecule has 0 aliphatic heterocycles. The highest BCUT2D eigenvalue weighted by atomic mass is 35.5. The molecule has 144 valence electrons. The fraction of sp³-hybridized carbons (Fsp3) is 0.421. The first-order valence-electron chi connectivity index (χ1n) is 8.94. The van der Waals surface area contributed by atoms with Crippen molar-refractivity contribution in [2.24, 2.45) is 16.5 Å². The summed E-state index contributed by atoms with van der Waals surface area (Å²) in [5.74, 6) is 1.02. The number of rotatable bonds is 8. The Labute approximate surface area is 163 Å². The predicted octanol–water partition coefficient (Wildman–Crippen LogP) is 2.95. The van der Waals surface area contributed by atoms with Crippen molar-refractivity contribution in [2.75, 3.05) is 24.2 Å². The van der Waals surface area contributed by atoms with Gasteiger partial charge in [0.1, 0.15) is 11.0 Å². The number of nitrogens with zero attached hydrogens (tertiary/aromatic N) is 3. The highest BCUT2D eigenvalue weighted by Crippen LogP contribution is 2.47. The van der Waals surface area contributed by atoms with Crippen LogP contribution in [0.3, 0.4) is 0 Å². The normalized spacial score (nSPS) is 21.9. The number of anilines is 2. The monoisotopic (exact) mass is 389 g/mol. The second-order valence-corrected chi connectivity index (χ2v) is 7.55. The molecule has 0 amide bonds. The van der Waals surface area contributed by atoms with Gasteiger partial charge in [0, 0.05) is 12.0 Å². The van der Waals surface area contributed by atoms with E-state index in [2.05, 4.69) is 44.7 Å². The molecule has 0 atom stereocenters. The third kappa shape index (κ3) is 4.67. The average Bonchev–Trinajstić information content (AvgIpc) is 2.64. The Kier molecular flexibility index (Phi) is 6.13. The van der Waals surface area contributed by atoms with Crippen LogP contribution in [0.2, 0.25) is 5.15 Å². The molecule has 7 nitrogen and oxygen atoms in total. The zero-order valence-electron chi connectivity index (χ0n) is 15.0. The van der Waals surface area contributed by atoms with Gasteiger partial charge in [-0.15, -0.1) is 0 Å². The Morgan fingerprint density at radius 2 is 2.04 bits per heavy atom. The molecular formula is C19H24ClN5O2. The van der Waals surface area contributed by atoms with Gasteiger partial charge in [0.25, 0.3) is 0 Å². The number of aliphatic hydroxyl groups excluding tert-OH is 1. The standard InChI is InChI=1S/C19H24ClN5O2/c20-16-15(10-23-27)17(25-18(21)24-16)22-11-19(12-26)8-14(9-19)7-6-13-4-2-1-3-5-13/h1-5,10,14,26-27H,6-9,11-12H2,(H3,21,22,24,25)/b23-10+. The van der Waals surface area contributed by atoms with Gasteiger partial charge in [-0.05, 0) is 37.2 Å². The van der Waals surface area contributed by atoms with E-state index in [0.717, 1.165) is 25.7 Å². The lowest BCUT2D eigenvalue weighted by Gasteiger charge is -2.47. The van der Waals surface area contributed by atoms with Crippen LogP contribution < -0.4 is 11.1 Å². The molecule has 27 heavy (non-hydrogen) atoms. The van der Waals surface area contributed by atoms with E-state index < -0.39 is 0 Å². The van der Waals surface area contributed by atoms with Gasteiger partial charge in [-0.25, -0.2) is 4.98 Å². The fourth-order valence-electron chi connectivity index (χ4n) is 3.75. The van der Waals surface area contributed by atoms with Gasteiger partial charge in [0.15, 0.2) is 0 Å². The second kappa shape index (κ2) is 8.54. The van der Waals surface area contributed by atoms with E-state index in [9.17, 15) is 5.11 Å². The molecular weight excluding hydrogens is 366 g/mol. The minimum atomic E-state index is -0.193. The number of oxime groups is 1. The lowest BCUT2D eigenvalue weighted by molar-refractivity contribution is 0.00302. The van der Waals surface area contributed by atoms with Gasteiger partial charge < -0.3 is 21.4 Å². The van der Waals surface area contributed by atoms with Crippen LogP contribution in [0.1, 0.15) is 30.4 Å². The maximum atomic E-state index is 9.91. The molecule has 1 aromatic heterocycles. The smallest absolute Gasteiger partial charge is 0.223 e.